The number of aliphatic hydroxyl groups is 1. The van der Waals surface area contributed by atoms with Crippen LogP contribution in [0.4, 0.5) is 4.39 Å². The molecule has 1 N–H and O–H groups in total. The van der Waals surface area contributed by atoms with Gasteiger partial charge in [0.15, 0.2) is 5.82 Å². The molecule has 0 saturated carbocycles. The van der Waals surface area contributed by atoms with Crippen LogP contribution in [0, 0.1) is 17.7 Å². The zero-order chi connectivity index (χ0) is 19.0. The molecule has 0 saturated heterocycles. The van der Waals surface area contributed by atoms with E-state index in [0.29, 0.717) is 23.5 Å². The topological polar surface area (TPSA) is 55.2 Å². The van der Waals surface area contributed by atoms with E-state index in [-0.39, 0.29) is 5.82 Å². The summed E-state index contributed by atoms with van der Waals surface area (Å²) in [5.41, 5.74) is -0.217. The molecule has 0 atom stereocenters. The predicted octanol–water partition coefficient (Wildman–Crippen LogP) is 4.36. The van der Waals surface area contributed by atoms with E-state index in [1.54, 1.807) is 26.0 Å². The molecule has 1 aromatic heterocycles. The molecule has 138 valence electrons. The van der Waals surface area contributed by atoms with Crippen molar-refractivity contribution in [1.82, 2.24) is 9.97 Å². The van der Waals surface area contributed by atoms with E-state index in [1.165, 1.54) is 31.3 Å². The Kier molecular flexibility index (Phi) is 7.11. The summed E-state index contributed by atoms with van der Waals surface area (Å²) in [5, 5.41) is 9.60. The fourth-order valence-corrected chi connectivity index (χ4v) is 2.24. The Morgan fingerprint density at radius 3 is 2.50 bits per heavy atom. The SMILES string of the molecule is CCCCCCOc1ccc(-c2ncc(C#CC(C)(C)O)cn2)c(F)c1. The Bertz CT molecular complexity index is 771. The second-order valence-corrected chi connectivity index (χ2v) is 6.66. The van der Waals surface area contributed by atoms with Crippen LogP contribution in [0.2, 0.25) is 0 Å². The summed E-state index contributed by atoms with van der Waals surface area (Å²) in [4.78, 5) is 8.32. The van der Waals surface area contributed by atoms with Crippen LogP contribution >= 0.6 is 0 Å². The molecular weight excluding hydrogens is 331 g/mol. The van der Waals surface area contributed by atoms with Crippen LogP contribution in [0.3, 0.4) is 0 Å². The summed E-state index contributed by atoms with van der Waals surface area (Å²) in [6.07, 6.45) is 7.47. The molecule has 5 heteroatoms. The quantitative estimate of drug-likeness (QED) is 0.591. The second kappa shape index (κ2) is 9.30. The first-order valence-electron chi connectivity index (χ1n) is 8.89. The number of halogens is 1. The second-order valence-electron chi connectivity index (χ2n) is 6.66. The number of ether oxygens (including phenoxy) is 1. The minimum absolute atomic E-state index is 0.283. The highest BCUT2D eigenvalue weighted by Crippen LogP contribution is 2.23. The Morgan fingerprint density at radius 2 is 1.88 bits per heavy atom. The van der Waals surface area contributed by atoms with Gasteiger partial charge < -0.3 is 9.84 Å². The molecule has 0 aliphatic rings. The van der Waals surface area contributed by atoms with Gasteiger partial charge in [-0.1, -0.05) is 38.0 Å². The van der Waals surface area contributed by atoms with E-state index >= 15 is 0 Å². The van der Waals surface area contributed by atoms with Gasteiger partial charge in [0.2, 0.25) is 0 Å². The van der Waals surface area contributed by atoms with Crippen LogP contribution in [-0.2, 0) is 0 Å². The summed E-state index contributed by atoms with van der Waals surface area (Å²) in [6.45, 7) is 5.93. The van der Waals surface area contributed by atoms with Crippen molar-refractivity contribution in [3.8, 4) is 29.0 Å². The molecule has 2 rings (SSSR count). The van der Waals surface area contributed by atoms with Gasteiger partial charge in [-0.15, -0.1) is 0 Å². The van der Waals surface area contributed by atoms with E-state index in [1.807, 2.05) is 0 Å². The van der Waals surface area contributed by atoms with Crippen molar-refractivity contribution in [2.45, 2.75) is 52.1 Å². The number of benzene rings is 1. The van der Waals surface area contributed by atoms with Crippen molar-refractivity contribution < 1.29 is 14.2 Å². The molecule has 1 aromatic carbocycles. The van der Waals surface area contributed by atoms with Gasteiger partial charge in [0.05, 0.1) is 17.7 Å². The third-order valence-electron chi connectivity index (χ3n) is 3.61. The molecule has 2 aromatic rings. The maximum atomic E-state index is 14.3. The van der Waals surface area contributed by atoms with Crippen LogP contribution in [-0.4, -0.2) is 27.3 Å². The fraction of sp³-hybridized carbons (Fsp3) is 0.429. The lowest BCUT2D eigenvalue weighted by Crippen LogP contribution is -2.14. The molecule has 0 spiro atoms. The molecule has 0 radical (unpaired) electrons. The lowest BCUT2D eigenvalue weighted by molar-refractivity contribution is 0.143. The van der Waals surface area contributed by atoms with E-state index in [4.69, 9.17) is 4.74 Å². The Morgan fingerprint density at radius 1 is 1.15 bits per heavy atom. The van der Waals surface area contributed by atoms with Gasteiger partial charge in [0.25, 0.3) is 0 Å². The zero-order valence-electron chi connectivity index (χ0n) is 15.6. The first-order chi connectivity index (χ1) is 12.4. The molecule has 0 aliphatic heterocycles. The number of hydrogen-bond acceptors (Lipinski definition) is 4. The number of aromatic nitrogens is 2. The van der Waals surface area contributed by atoms with Crippen molar-refractivity contribution in [1.29, 1.82) is 0 Å². The van der Waals surface area contributed by atoms with E-state index in [0.717, 1.165) is 12.8 Å². The monoisotopic (exact) mass is 356 g/mol. The van der Waals surface area contributed by atoms with Gasteiger partial charge in [0, 0.05) is 18.5 Å². The third-order valence-corrected chi connectivity index (χ3v) is 3.61. The highest BCUT2D eigenvalue weighted by Gasteiger charge is 2.10. The highest BCUT2D eigenvalue weighted by molar-refractivity contribution is 5.57. The van der Waals surface area contributed by atoms with Crippen LogP contribution in [0.5, 0.6) is 5.75 Å². The summed E-state index contributed by atoms with van der Waals surface area (Å²) >= 11 is 0. The molecule has 26 heavy (non-hydrogen) atoms. The van der Waals surface area contributed by atoms with E-state index in [2.05, 4.69) is 28.7 Å². The van der Waals surface area contributed by atoms with E-state index < -0.39 is 11.4 Å². The van der Waals surface area contributed by atoms with Gasteiger partial charge >= 0.3 is 0 Å². The summed E-state index contributed by atoms with van der Waals surface area (Å²) in [5.74, 6) is 5.84. The molecule has 0 aliphatic carbocycles. The molecule has 0 fully saturated rings. The molecule has 0 amide bonds. The Balaban J connectivity index is 2.03. The molecule has 0 bridgehead atoms. The average Bonchev–Trinajstić information content (AvgIpc) is 2.60. The lowest BCUT2D eigenvalue weighted by Gasteiger charge is -2.08. The normalized spacial score (nSPS) is 11.0. The van der Waals surface area contributed by atoms with Gasteiger partial charge in [-0.25, -0.2) is 14.4 Å². The van der Waals surface area contributed by atoms with Crippen molar-refractivity contribution in [3.05, 3.63) is 42.0 Å². The summed E-state index contributed by atoms with van der Waals surface area (Å²) in [6, 6.07) is 4.71. The largest absolute Gasteiger partial charge is 0.493 e. The van der Waals surface area contributed by atoms with Crippen LogP contribution in [0.15, 0.2) is 30.6 Å². The number of nitrogens with zero attached hydrogens (tertiary/aromatic N) is 2. The van der Waals surface area contributed by atoms with Crippen molar-refractivity contribution in [2.75, 3.05) is 6.61 Å². The highest BCUT2D eigenvalue weighted by atomic mass is 19.1. The smallest absolute Gasteiger partial charge is 0.162 e. The van der Waals surface area contributed by atoms with Gasteiger partial charge in [-0.2, -0.15) is 0 Å². The molecule has 0 unspecified atom stereocenters. The average molecular weight is 356 g/mol. The van der Waals surface area contributed by atoms with Crippen LogP contribution in [0.1, 0.15) is 52.0 Å². The summed E-state index contributed by atoms with van der Waals surface area (Å²) < 4.78 is 19.9. The predicted molar refractivity (Wildman–Crippen MR) is 100 cm³/mol. The third kappa shape index (κ3) is 6.45. The van der Waals surface area contributed by atoms with E-state index in [9.17, 15) is 9.50 Å². The van der Waals surface area contributed by atoms with Gasteiger partial charge in [-0.05, 0) is 32.4 Å². The maximum Gasteiger partial charge on any atom is 0.162 e. The minimum atomic E-state index is -1.09. The van der Waals surface area contributed by atoms with Gasteiger partial charge in [0.1, 0.15) is 17.2 Å². The first-order valence-corrected chi connectivity index (χ1v) is 8.89. The standard InChI is InChI=1S/C21H25FN2O2/c1-4-5-6-7-12-26-17-8-9-18(19(22)13-17)20-23-14-16(15-24-20)10-11-21(2,3)25/h8-9,13-15,25H,4-7,12H2,1-3H3. The van der Waals surface area contributed by atoms with Crippen molar-refractivity contribution in [2.24, 2.45) is 0 Å². The summed E-state index contributed by atoms with van der Waals surface area (Å²) in [7, 11) is 0. The number of rotatable bonds is 7. The van der Waals surface area contributed by atoms with Gasteiger partial charge in [-0.3, -0.25) is 0 Å². The van der Waals surface area contributed by atoms with Crippen LogP contribution in [0.25, 0.3) is 11.4 Å². The lowest BCUT2D eigenvalue weighted by atomic mass is 10.1. The fourth-order valence-electron chi connectivity index (χ4n) is 2.24. The molecule has 1 heterocycles. The molecular formula is C21H25FN2O2. The van der Waals surface area contributed by atoms with Crippen LogP contribution < -0.4 is 4.74 Å². The number of hydrogen-bond donors (Lipinski definition) is 1. The Labute approximate surface area is 154 Å². The minimum Gasteiger partial charge on any atom is -0.493 e. The zero-order valence-corrected chi connectivity index (χ0v) is 15.6. The number of unbranched alkanes of at least 4 members (excludes halogenated alkanes) is 3. The van der Waals surface area contributed by atoms with Crippen molar-refractivity contribution >= 4 is 0 Å². The maximum absolute atomic E-state index is 14.3. The Hall–Kier alpha value is -2.45. The first kappa shape index (κ1) is 19.9. The molecule has 4 nitrogen and oxygen atoms in total. The van der Waals surface area contributed by atoms with Crippen molar-refractivity contribution in [3.63, 3.8) is 0 Å².